The molecule has 1 aliphatic carbocycles. The maximum Gasteiger partial charge on any atom is 0.330 e. The van der Waals surface area contributed by atoms with Gasteiger partial charge >= 0.3 is 5.97 Å². The minimum absolute atomic E-state index is 0.0170. The molecule has 26 heavy (non-hydrogen) atoms. The van der Waals surface area contributed by atoms with E-state index in [2.05, 4.69) is 43.8 Å². The zero-order valence-corrected chi connectivity index (χ0v) is 15.7. The van der Waals surface area contributed by atoms with Crippen molar-refractivity contribution in [2.75, 3.05) is 0 Å². The molecule has 0 N–H and O–H groups in total. The minimum Gasteiger partial charge on any atom is -0.486 e. The van der Waals surface area contributed by atoms with E-state index in [1.54, 1.807) is 0 Å². The summed E-state index contributed by atoms with van der Waals surface area (Å²) in [6.45, 7) is 9.51. The number of carbonyl (C=O) groups is 1. The van der Waals surface area contributed by atoms with Gasteiger partial charge in [0.2, 0.25) is 0 Å². The van der Waals surface area contributed by atoms with Crippen molar-refractivity contribution in [1.29, 1.82) is 0 Å². The lowest BCUT2D eigenvalue weighted by Gasteiger charge is -2.38. The van der Waals surface area contributed by atoms with Crippen molar-refractivity contribution >= 4 is 16.7 Å². The molecule has 3 rings (SSSR count). The van der Waals surface area contributed by atoms with Crippen molar-refractivity contribution in [1.82, 2.24) is 0 Å². The van der Waals surface area contributed by atoms with Crippen LogP contribution >= 0.6 is 0 Å². The summed E-state index contributed by atoms with van der Waals surface area (Å²) in [7, 11) is 0. The first-order valence-corrected chi connectivity index (χ1v) is 9.06. The molecule has 0 heterocycles. The van der Waals surface area contributed by atoms with E-state index < -0.39 is 5.60 Å². The highest BCUT2D eigenvalue weighted by Gasteiger charge is 2.37. The minimum atomic E-state index is -0.562. The van der Waals surface area contributed by atoms with Crippen LogP contribution in [-0.2, 0) is 9.53 Å². The Labute approximate surface area is 155 Å². The lowest BCUT2D eigenvalue weighted by Crippen LogP contribution is -2.41. The smallest absolute Gasteiger partial charge is 0.330 e. The van der Waals surface area contributed by atoms with Crippen LogP contribution in [0, 0.1) is 5.92 Å². The summed E-state index contributed by atoms with van der Waals surface area (Å²) in [6, 6.07) is 14.4. The summed E-state index contributed by atoms with van der Waals surface area (Å²) in [5.74, 6) is 0.678. The molecule has 136 valence electrons. The molecule has 0 saturated heterocycles. The SMILES string of the molecule is C=CC(=O)OC(C)(C)C1CC=C(C)C(Oc2ccc3ccccc3c2)C1. The predicted molar refractivity (Wildman–Crippen MR) is 105 cm³/mol. The molecule has 2 aromatic rings. The van der Waals surface area contributed by atoms with Crippen molar-refractivity contribution in [3.63, 3.8) is 0 Å². The van der Waals surface area contributed by atoms with Crippen molar-refractivity contribution in [3.8, 4) is 5.75 Å². The zero-order chi connectivity index (χ0) is 18.7. The first-order chi connectivity index (χ1) is 12.4. The van der Waals surface area contributed by atoms with Crippen molar-refractivity contribution in [3.05, 3.63) is 66.8 Å². The van der Waals surface area contributed by atoms with E-state index in [4.69, 9.17) is 9.47 Å². The van der Waals surface area contributed by atoms with Gasteiger partial charge in [-0.3, -0.25) is 0 Å². The quantitative estimate of drug-likeness (QED) is 0.408. The van der Waals surface area contributed by atoms with Gasteiger partial charge in [-0.2, -0.15) is 0 Å². The number of fused-ring (bicyclic) bond motifs is 1. The number of rotatable bonds is 5. The number of esters is 1. The number of hydrogen-bond donors (Lipinski definition) is 0. The van der Waals surface area contributed by atoms with E-state index in [1.165, 1.54) is 22.4 Å². The monoisotopic (exact) mass is 350 g/mol. The maximum atomic E-state index is 11.6. The molecule has 0 bridgehead atoms. The molecule has 2 aromatic carbocycles. The van der Waals surface area contributed by atoms with E-state index >= 15 is 0 Å². The predicted octanol–water partition coefficient (Wildman–Crippen LogP) is 5.45. The van der Waals surface area contributed by atoms with Crippen LogP contribution in [0.2, 0.25) is 0 Å². The summed E-state index contributed by atoms with van der Waals surface area (Å²) < 4.78 is 11.9. The average Bonchev–Trinajstić information content (AvgIpc) is 2.63. The molecular formula is C23H26O3. The topological polar surface area (TPSA) is 35.5 Å². The summed E-state index contributed by atoms with van der Waals surface area (Å²) in [5.41, 5.74) is 0.660. The zero-order valence-electron chi connectivity index (χ0n) is 15.7. The van der Waals surface area contributed by atoms with Gasteiger partial charge in [-0.1, -0.05) is 43.0 Å². The first kappa shape index (κ1) is 18.2. The third kappa shape index (κ3) is 3.98. The van der Waals surface area contributed by atoms with Gasteiger partial charge in [-0.15, -0.1) is 0 Å². The summed E-state index contributed by atoms with van der Waals surface area (Å²) in [4.78, 5) is 11.6. The normalized spacial score (nSPS) is 20.3. The standard InChI is InChI=1S/C23H26O3/c1-5-22(24)26-23(3,4)19-12-10-16(2)21(15-19)25-20-13-11-17-8-6-7-9-18(17)14-20/h5-11,13-14,19,21H,1,12,15H2,2-4H3. The fraction of sp³-hybridized carbons (Fsp3) is 0.348. The molecule has 0 fully saturated rings. The van der Waals surface area contributed by atoms with Gasteiger partial charge in [0, 0.05) is 12.0 Å². The fourth-order valence-electron chi connectivity index (χ4n) is 3.50. The lowest BCUT2D eigenvalue weighted by molar-refractivity contribution is -0.156. The number of benzene rings is 2. The van der Waals surface area contributed by atoms with Gasteiger partial charge < -0.3 is 9.47 Å². The van der Waals surface area contributed by atoms with Crippen LogP contribution in [0.3, 0.4) is 0 Å². The van der Waals surface area contributed by atoms with E-state index in [9.17, 15) is 4.79 Å². The van der Waals surface area contributed by atoms with Gasteiger partial charge in [0.15, 0.2) is 0 Å². The largest absolute Gasteiger partial charge is 0.486 e. The summed E-state index contributed by atoms with van der Waals surface area (Å²) in [6.07, 6.45) is 5.09. The molecule has 2 atom stereocenters. The molecular weight excluding hydrogens is 324 g/mol. The Morgan fingerprint density at radius 1 is 1.19 bits per heavy atom. The maximum absolute atomic E-state index is 11.6. The molecule has 0 saturated carbocycles. The second kappa shape index (κ2) is 7.36. The second-order valence-electron chi connectivity index (χ2n) is 7.46. The molecule has 0 aliphatic heterocycles. The Morgan fingerprint density at radius 3 is 2.65 bits per heavy atom. The Kier molecular flexibility index (Phi) is 5.17. The van der Waals surface area contributed by atoms with Gasteiger partial charge in [0.1, 0.15) is 17.5 Å². The van der Waals surface area contributed by atoms with Crippen molar-refractivity contribution in [2.24, 2.45) is 5.92 Å². The van der Waals surface area contributed by atoms with Crippen LogP contribution in [0.15, 0.2) is 66.8 Å². The molecule has 0 spiro atoms. The van der Waals surface area contributed by atoms with Gasteiger partial charge in [-0.25, -0.2) is 4.79 Å². The average molecular weight is 350 g/mol. The van der Waals surface area contributed by atoms with Gasteiger partial charge in [-0.05, 0) is 62.1 Å². The fourth-order valence-corrected chi connectivity index (χ4v) is 3.50. The number of carbonyl (C=O) groups excluding carboxylic acids is 1. The van der Waals surface area contributed by atoms with Crippen LogP contribution in [0.25, 0.3) is 10.8 Å². The Hall–Kier alpha value is -2.55. The van der Waals surface area contributed by atoms with Crippen LogP contribution in [0.5, 0.6) is 5.75 Å². The first-order valence-electron chi connectivity index (χ1n) is 9.06. The number of allylic oxidation sites excluding steroid dienone is 1. The molecule has 0 amide bonds. The van der Waals surface area contributed by atoms with Gasteiger partial charge in [0.25, 0.3) is 0 Å². The third-order valence-electron chi connectivity index (χ3n) is 5.24. The summed E-state index contributed by atoms with van der Waals surface area (Å²) >= 11 is 0. The second-order valence-corrected chi connectivity index (χ2v) is 7.46. The van der Waals surface area contributed by atoms with Crippen LogP contribution < -0.4 is 4.74 Å². The van der Waals surface area contributed by atoms with Crippen LogP contribution in [0.4, 0.5) is 0 Å². The number of hydrogen-bond acceptors (Lipinski definition) is 3. The Balaban J connectivity index is 1.76. The van der Waals surface area contributed by atoms with E-state index in [0.717, 1.165) is 18.6 Å². The van der Waals surface area contributed by atoms with Crippen LogP contribution in [0.1, 0.15) is 33.6 Å². The van der Waals surface area contributed by atoms with E-state index in [-0.39, 0.29) is 18.0 Å². The molecule has 2 unspecified atom stereocenters. The number of ether oxygens (including phenoxy) is 2. The van der Waals surface area contributed by atoms with Crippen LogP contribution in [-0.4, -0.2) is 17.7 Å². The Bertz CT molecular complexity index is 847. The Morgan fingerprint density at radius 2 is 1.92 bits per heavy atom. The highest BCUT2D eigenvalue weighted by molar-refractivity contribution is 5.83. The molecule has 0 aromatic heterocycles. The molecule has 3 nitrogen and oxygen atoms in total. The third-order valence-corrected chi connectivity index (χ3v) is 5.24. The van der Waals surface area contributed by atoms with Crippen molar-refractivity contribution < 1.29 is 14.3 Å². The molecule has 1 aliphatic rings. The summed E-state index contributed by atoms with van der Waals surface area (Å²) in [5, 5.41) is 2.37. The van der Waals surface area contributed by atoms with Gasteiger partial charge in [0.05, 0.1) is 0 Å². The highest BCUT2D eigenvalue weighted by Crippen LogP contribution is 2.36. The molecule has 0 radical (unpaired) electrons. The lowest BCUT2D eigenvalue weighted by atomic mass is 9.78. The van der Waals surface area contributed by atoms with Crippen molar-refractivity contribution in [2.45, 2.75) is 45.3 Å². The highest BCUT2D eigenvalue weighted by atomic mass is 16.6. The van der Waals surface area contributed by atoms with E-state index in [0.29, 0.717) is 0 Å². The molecule has 3 heteroatoms. The van der Waals surface area contributed by atoms with E-state index in [1.807, 2.05) is 32.0 Å².